The van der Waals surface area contributed by atoms with Gasteiger partial charge < -0.3 is 16.4 Å². The number of rotatable bonds is 7. The molecule has 116 valence electrons. The largest absolute Gasteiger partial charge is 0.330 e. The minimum Gasteiger partial charge on any atom is -0.330 e. The molecule has 0 aliphatic carbocycles. The van der Waals surface area contributed by atoms with Gasteiger partial charge in [-0.25, -0.2) is 0 Å². The first-order chi connectivity index (χ1) is 10.0. The van der Waals surface area contributed by atoms with Gasteiger partial charge >= 0.3 is 0 Å². The highest BCUT2D eigenvalue weighted by atomic mass is 16.2. The van der Waals surface area contributed by atoms with Crippen LogP contribution in [0.5, 0.6) is 0 Å². The summed E-state index contributed by atoms with van der Waals surface area (Å²) in [5, 5.41) is 5.71. The van der Waals surface area contributed by atoms with E-state index >= 15 is 0 Å². The van der Waals surface area contributed by atoms with Crippen molar-refractivity contribution in [2.75, 3.05) is 17.2 Å². The second-order valence-corrected chi connectivity index (χ2v) is 5.12. The van der Waals surface area contributed by atoms with E-state index in [4.69, 9.17) is 5.73 Å². The maximum atomic E-state index is 12.1. The Labute approximate surface area is 126 Å². The number of nitrogens with one attached hydrogen (secondary N) is 2. The molecule has 4 N–H and O–H groups in total. The molecule has 5 heteroatoms. The van der Waals surface area contributed by atoms with Crippen LogP contribution in [0.1, 0.15) is 38.7 Å². The lowest BCUT2D eigenvalue weighted by Crippen LogP contribution is -2.22. The second-order valence-electron chi connectivity index (χ2n) is 5.12. The van der Waals surface area contributed by atoms with Crippen molar-refractivity contribution >= 4 is 23.2 Å². The molecule has 0 saturated heterocycles. The van der Waals surface area contributed by atoms with E-state index in [2.05, 4.69) is 10.6 Å². The molecule has 1 aromatic carbocycles. The van der Waals surface area contributed by atoms with Crippen molar-refractivity contribution in [1.29, 1.82) is 0 Å². The number of nitrogens with two attached hydrogens (primary N) is 1. The van der Waals surface area contributed by atoms with Crippen LogP contribution in [0.3, 0.4) is 0 Å². The minimum atomic E-state index is -0.121. The molecule has 0 fully saturated rings. The molecule has 0 unspecified atom stereocenters. The molecular weight excluding hydrogens is 266 g/mol. The summed E-state index contributed by atoms with van der Waals surface area (Å²) in [6.07, 6.45) is 1.91. The lowest BCUT2D eigenvalue weighted by Gasteiger charge is -2.15. The van der Waals surface area contributed by atoms with Crippen LogP contribution < -0.4 is 16.4 Å². The number of carbonyl (C=O) groups excluding carboxylic acids is 2. The van der Waals surface area contributed by atoms with E-state index in [1.54, 1.807) is 6.07 Å². The topological polar surface area (TPSA) is 84.2 Å². The highest BCUT2D eigenvalue weighted by molar-refractivity contribution is 5.95. The summed E-state index contributed by atoms with van der Waals surface area (Å²) in [6.45, 7) is 6.23. The van der Waals surface area contributed by atoms with Gasteiger partial charge in [-0.2, -0.15) is 0 Å². The highest BCUT2D eigenvalue weighted by Crippen LogP contribution is 2.21. The normalized spacial score (nSPS) is 10.5. The van der Waals surface area contributed by atoms with Crippen molar-refractivity contribution in [2.24, 2.45) is 11.7 Å². The van der Waals surface area contributed by atoms with E-state index in [1.807, 2.05) is 32.9 Å². The molecule has 21 heavy (non-hydrogen) atoms. The lowest BCUT2D eigenvalue weighted by atomic mass is 10.0. The van der Waals surface area contributed by atoms with E-state index in [9.17, 15) is 9.59 Å². The van der Waals surface area contributed by atoms with Crippen molar-refractivity contribution in [1.82, 2.24) is 0 Å². The average molecular weight is 291 g/mol. The summed E-state index contributed by atoms with van der Waals surface area (Å²) >= 11 is 0. The molecule has 0 aliphatic rings. The van der Waals surface area contributed by atoms with Gasteiger partial charge in [-0.1, -0.05) is 19.9 Å². The van der Waals surface area contributed by atoms with E-state index in [0.29, 0.717) is 17.9 Å². The van der Waals surface area contributed by atoms with Crippen LogP contribution in [0.2, 0.25) is 0 Å². The molecule has 2 amide bonds. The lowest BCUT2D eigenvalue weighted by molar-refractivity contribution is -0.120. The molecule has 1 rings (SSSR count). The van der Waals surface area contributed by atoms with Crippen molar-refractivity contribution in [3.63, 3.8) is 0 Å². The summed E-state index contributed by atoms with van der Waals surface area (Å²) < 4.78 is 0. The van der Waals surface area contributed by atoms with Gasteiger partial charge in [0.05, 0.1) is 0 Å². The molecule has 1 aromatic rings. The molecule has 5 nitrogen and oxygen atoms in total. The van der Waals surface area contributed by atoms with Crippen molar-refractivity contribution in [3.05, 3.63) is 23.8 Å². The van der Waals surface area contributed by atoms with Crippen LogP contribution >= 0.6 is 0 Å². The Hall–Kier alpha value is -1.88. The predicted octanol–water partition coefficient (Wildman–Crippen LogP) is 2.66. The fourth-order valence-corrected chi connectivity index (χ4v) is 2.08. The van der Waals surface area contributed by atoms with Crippen LogP contribution in [-0.2, 0) is 9.59 Å². The monoisotopic (exact) mass is 291 g/mol. The number of anilines is 2. The number of aryl methyl sites for hydroxylation is 1. The van der Waals surface area contributed by atoms with Gasteiger partial charge in [-0.05, 0) is 37.5 Å². The Bertz CT molecular complexity index is 496. The number of hydrogen-bond acceptors (Lipinski definition) is 3. The highest BCUT2D eigenvalue weighted by Gasteiger charge is 2.14. The summed E-state index contributed by atoms with van der Waals surface area (Å²) in [4.78, 5) is 23.7. The van der Waals surface area contributed by atoms with Crippen molar-refractivity contribution in [3.8, 4) is 0 Å². The van der Waals surface area contributed by atoms with E-state index in [-0.39, 0.29) is 24.2 Å². The molecule has 0 radical (unpaired) electrons. The molecule has 0 heterocycles. The first-order valence-corrected chi connectivity index (χ1v) is 7.43. The van der Waals surface area contributed by atoms with Gasteiger partial charge in [0.25, 0.3) is 0 Å². The van der Waals surface area contributed by atoms with Crippen LogP contribution in [0.15, 0.2) is 18.2 Å². The third kappa shape index (κ3) is 5.19. The van der Waals surface area contributed by atoms with Gasteiger partial charge in [0.1, 0.15) is 0 Å². The maximum Gasteiger partial charge on any atom is 0.227 e. The SMILES string of the molecule is CCC(CC)C(=O)Nc1ccc(C)c(NC(=O)CCN)c1. The Kier molecular flexibility index (Phi) is 6.88. The maximum absolute atomic E-state index is 12.1. The van der Waals surface area contributed by atoms with Crippen LogP contribution in [0.4, 0.5) is 11.4 Å². The molecular formula is C16H25N3O2. The Balaban J connectivity index is 2.81. The molecule has 0 saturated carbocycles. The van der Waals surface area contributed by atoms with E-state index < -0.39 is 0 Å². The van der Waals surface area contributed by atoms with Gasteiger partial charge in [0.2, 0.25) is 11.8 Å². The third-order valence-electron chi connectivity index (χ3n) is 3.51. The quantitative estimate of drug-likeness (QED) is 0.722. The van der Waals surface area contributed by atoms with Gasteiger partial charge in [0, 0.05) is 30.3 Å². The zero-order chi connectivity index (χ0) is 15.8. The zero-order valence-corrected chi connectivity index (χ0v) is 13.0. The van der Waals surface area contributed by atoms with E-state index in [1.165, 1.54) is 0 Å². The molecule has 0 spiro atoms. The van der Waals surface area contributed by atoms with Gasteiger partial charge in [-0.15, -0.1) is 0 Å². The molecule has 0 aromatic heterocycles. The zero-order valence-electron chi connectivity index (χ0n) is 13.0. The molecule has 0 atom stereocenters. The Morgan fingerprint density at radius 1 is 1.19 bits per heavy atom. The Morgan fingerprint density at radius 3 is 2.43 bits per heavy atom. The third-order valence-corrected chi connectivity index (χ3v) is 3.51. The first kappa shape index (κ1) is 17.2. The fraction of sp³-hybridized carbons (Fsp3) is 0.500. The summed E-state index contributed by atoms with van der Waals surface area (Å²) in [5.74, 6) is -0.0891. The predicted molar refractivity (Wildman–Crippen MR) is 86.2 cm³/mol. The van der Waals surface area contributed by atoms with Crippen molar-refractivity contribution < 1.29 is 9.59 Å². The number of carbonyl (C=O) groups is 2. The van der Waals surface area contributed by atoms with Crippen molar-refractivity contribution in [2.45, 2.75) is 40.0 Å². The summed E-state index contributed by atoms with van der Waals surface area (Å²) in [7, 11) is 0. The van der Waals surface area contributed by atoms with Gasteiger partial charge in [-0.3, -0.25) is 9.59 Å². The molecule has 0 aliphatic heterocycles. The minimum absolute atomic E-state index is 0.0154. The summed E-state index contributed by atoms with van der Waals surface area (Å²) in [5.41, 5.74) is 7.71. The standard InChI is InChI=1S/C16H25N3O2/c1-4-12(5-2)16(21)18-13-7-6-11(3)14(10-13)19-15(20)8-9-17/h6-7,10,12H,4-5,8-9,17H2,1-3H3,(H,18,21)(H,19,20). The van der Waals surface area contributed by atoms with Crippen LogP contribution in [0, 0.1) is 12.8 Å². The second kappa shape index (κ2) is 8.42. The Morgan fingerprint density at radius 2 is 1.86 bits per heavy atom. The van der Waals surface area contributed by atoms with Crippen LogP contribution in [-0.4, -0.2) is 18.4 Å². The van der Waals surface area contributed by atoms with E-state index in [0.717, 1.165) is 18.4 Å². The fourth-order valence-electron chi connectivity index (χ4n) is 2.08. The number of amides is 2. The van der Waals surface area contributed by atoms with Gasteiger partial charge in [0.15, 0.2) is 0 Å². The summed E-state index contributed by atoms with van der Waals surface area (Å²) in [6, 6.07) is 5.50. The number of benzene rings is 1. The van der Waals surface area contributed by atoms with Crippen LogP contribution in [0.25, 0.3) is 0 Å². The average Bonchev–Trinajstić information content (AvgIpc) is 2.44. The number of hydrogen-bond donors (Lipinski definition) is 3. The smallest absolute Gasteiger partial charge is 0.227 e. The first-order valence-electron chi connectivity index (χ1n) is 7.43. The molecule has 0 bridgehead atoms.